The predicted molar refractivity (Wildman–Crippen MR) is 109 cm³/mol. The van der Waals surface area contributed by atoms with Crippen molar-refractivity contribution in [3.63, 3.8) is 0 Å². The normalized spacial score (nSPS) is 19.2. The third-order valence-corrected chi connectivity index (χ3v) is 5.82. The second kappa shape index (κ2) is 5.85. The lowest BCUT2D eigenvalue weighted by molar-refractivity contribution is 0.0933. The van der Waals surface area contributed by atoms with Crippen molar-refractivity contribution in [2.24, 2.45) is 0 Å². The van der Waals surface area contributed by atoms with Gasteiger partial charge in [0.05, 0.1) is 6.61 Å². The van der Waals surface area contributed by atoms with E-state index in [1.54, 1.807) is 0 Å². The van der Waals surface area contributed by atoms with Gasteiger partial charge in [-0.05, 0) is 56.7 Å². The molecule has 0 saturated heterocycles. The van der Waals surface area contributed by atoms with E-state index in [-0.39, 0.29) is 16.9 Å². The Labute approximate surface area is 158 Å². The summed E-state index contributed by atoms with van der Waals surface area (Å²) in [6.07, 6.45) is 1.15. The van der Waals surface area contributed by atoms with Gasteiger partial charge in [0.25, 0.3) is 0 Å². The van der Waals surface area contributed by atoms with Crippen LogP contribution in [0, 0.1) is 0 Å². The van der Waals surface area contributed by atoms with E-state index in [1.165, 1.54) is 39.1 Å². The van der Waals surface area contributed by atoms with Gasteiger partial charge < -0.3 is 10.1 Å². The molecule has 0 fully saturated rings. The van der Waals surface area contributed by atoms with Gasteiger partial charge in [-0.3, -0.25) is 0 Å². The molecule has 2 heterocycles. The lowest BCUT2D eigenvalue weighted by atomic mass is 9.82. The lowest BCUT2D eigenvalue weighted by Crippen LogP contribution is -2.14. The second-order valence-electron chi connectivity index (χ2n) is 9.87. The average Bonchev–Trinajstić information content (AvgIpc) is 3.18. The van der Waals surface area contributed by atoms with Gasteiger partial charge in [-0.25, -0.2) is 0 Å². The van der Waals surface area contributed by atoms with Crippen LogP contribution in [0.5, 0.6) is 0 Å². The molecule has 0 aromatic heterocycles. The molecule has 1 unspecified atom stereocenters. The van der Waals surface area contributed by atoms with Crippen LogP contribution in [0.15, 0.2) is 30.3 Å². The largest absolute Gasteiger partial charge is 0.384 e. The molecule has 2 aliphatic rings. The molecule has 2 aromatic carbocycles. The highest BCUT2D eigenvalue weighted by Gasteiger charge is 2.31. The quantitative estimate of drug-likeness (QED) is 0.695. The molecule has 0 saturated carbocycles. The van der Waals surface area contributed by atoms with E-state index in [1.807, 2.05) is 0 Å². The van der Waals surface area contributed by atoms with Crippen molar-refractivity contribution < 1.29 is 4.74 Å². The van der Waals surface area contributed by atoms with E-state index < -0.39 is 0 Å². The van der Waals surface area contributed by atoms with Crippen LogP contribution in [0.2, 0.25) is 0 Å². The molecule has 0 amide bonds. The fourth-order valence-electron chi connectivity index (χ4n) is 4.09. The van der Waals surface area contributed by atoms with E-state index in [2.05, 4.69) is 77.2 Å². The van der Waals surface area contributed by atoms with Gasteiger partial charge in [-0.2, -0.15) is 0 Å². The lowest BCUT2D eigenvalue weighted by Gasteiger charge is -2.24. The molecule has 4 rings (SSSR count). The highest BCUT2D eigenvalue weighted by atomic mass is 16.5. The molecule has 0 bridgehead atoms. The van der Waals surface area contributed by atoms with Crippen molar-refractivity contribution in [2.75, 3.05) is 11.9 Å². The van der Waals surface area contributed by atoms with E-state index in [0.717, 1.165) is 13.0 Å². The maximum Gasteiger partial charge on any atom is 0.109 e. The smallest absolute Gasteiger partial charge is 0.109 e. The van der Waals surface area contributed by atoms with E-state index >= 15 is 0 Å². The second-order valence-corrected chi connectivity index (χ2v) is 9.87. The SMILES string of the molecule is CC(C)(C)c1ccc2c(c1)COC2c1cc(C(C)(C)C)cc2c1CCN2. The first-order chi connectivity index (χ1) is 12.1. The Morgan fingerprint density at radius 1 is 0.885 bits per heavy atom. The van der Waals surface area contributed by atoms with Gasteiger partial charge >= 0.3 is 0 Å². The van der Waals surface area contributed by atoms with Crippen LogP contribution in [0.25, 0.3) is 0 Å². The van der Waals surface area contributed by atoms with Gasteiger partial charge in [0.15, 0.2) is 0 Å². The van der Waals surface area contributed by atoms with Gasteiger partial charge in [0.1, 0.15) is 6.10 Å². The number of anilines is 1. The zero-order valence-corrected chi connectivity index (χ0v) is 17.0. The Hall–Kier alpha value is -1.80. The fraction of sp³-hybridized carbons (Fsp3) is 0.500. The van der Waals surface area contributed by atoms with E-state index in [9.17, 15) is 0 Å². The first-order valence-corrected chi connectivity index (χ1v) is 9.81. The summed E-state index contributed by atoms with van der Waals surface area (Å²) in [6.45, 7) is 15.4. The Kier molecular flexibility index (Phi) is 3.96. The van der Waals surface area contributed by atoms with Crippen LogP contribution in [-0.2, 0) is 28.6 Å². The summed E-state index contributed by atoms with van der Waals surface area (Å²) in [5.74, 6) is 0. The molecule has 0 radical (unpaired) electrons. The molecule has 2 nitrogen and oxygen atoms in total. The Morgan fingerprint density at radius 2 is 1.62 bits per heavy atom. The summed E-state index contributed by atoms with van der Waals surface area (Å²) in [7, 11) is 0. The summed E-state index contributed by atoms with van der Waals surface area (Å²) in [5.41, 5.74) is 9.86. The highest BCUT2D eigenvalue weighted by molar-refractivity contribution is 5.63. The number of rotatable bonds is 1. The number of fused-ring (bicyclic) bond motifs is 2. The monoisotopic (exact) mass is 349 g/mol. The molecule has 2 heteroatoms. The van der Waals surface area contributed by atoms with E-state index in [0.29, 0.717) is 6.61 Å². The third kappa shape index (κ3) is 2.95. The van der Waals surface area contributed by atoms with Gasteiger partial charge in [-0.15, -0.1) is 0 Å². The standard InChI is InChI=1S/C24H31NO/c1-23(2,3)16-7-8-18-15(11-16)14-26-22(18)20-12-17(24(4,5)6)13-21-19(20)9-10-25-21/h7-8,11-13,22,25H,9-10,14H2,1-6H3. The van der Waals surface area contributed by atoms with Crippen molar-refractivity contribution in [3.05, 3.63) is 63.7 Å². The average molecular weight is 350 g/mol. The van der Waals surface area contributed by atoms with Crippen molar-refractivity contribution in [2.45, 2.75) is 71.5 Å². The molecular formula is C24H31NO. The minimum absolute atomic E-state index is 0.0648. The molecule has 2 aromatic rings. The third-order valence-electron chi connectivity index (χ3n) is 5.82. The summed E-state index contributed by atoms with van der Waals surface area (Å²) in [5, 5.41) is 3.57. The number of ether oxygens (including phenoxy) is 1. The number of hydrogen-bond donors (Lipinski definition) is 1. The van der Waals surface area contributed by atoms with Crippen LogP contribution >= 0.6 is 0 Å². The summed E-state index contributed by atoms with van der Waals surface area (Å²) >= 11 is 0. The van der Waals surface area contributed by atoms with Gasteiger partial charge in [0, 0.05) is 12.2 Å². The summed E-state index contributed by atoms with van der Waals surface area (Å²) in [6, 6.07) is 11.7. The predicted octanol–water partition coefficient (Wildman–Crippen LogP) is 5.87. The van der Waals surface area contributed by atoms with Crippen molar-refractivity contribution in [3.8, 4) is 0 Å². The fourth-order valence-corrected chi connectivity index (χ4v) is 4.09. The van der Waals surface area contributed by atoms with Crippen LogP contribution in [-0.4, -0.2) is 6.54 Å². The maximum absolute atomic E-state index is 6.34. The van der Waals surface area contributed by atoms with Crippen LogP contribution in [0.1, 0.15) is 81.0 Å². The van der Waals surface area contributed by atoms with Crippen LogP contribution in [0.3, 0.4) is 0 Å². The summed E-state index contributed by atoms with van der Waals surface area (Å²) < 4.78 is 6.34. The summed E-state index contributed by atoms with van der Waals surface area (Å²) in [4.78, 5) is 0. The van der Waals surface area contributed by atoms with Crippen molar-refractivity contribution in [1.82, 2.24) is 0 Å². The van der Waals surface area contributed by atoms with Crippen LogP contribution in [0.4, 0.5) is 5.69 Å². The van der Waals surface area contributed by atoms with Gasteiger partial charge in [0.2, 0.25) is 0 Å². The van der Waals surface area contributed by atoms with E-state index in [4.69, 9.17) is 4.74 Å². The van der Waals surface area contributed by atoms with Gasteiger partial charge in [-0.1, -0.05) is 65.8 Å². The first kappa shape index (κ1) is 17.6. The zero-order valence-electron chi connectivity index (χ0n) is 17.0. The van der Waals surface area contributed by atoms with Crippen molar-refractivity contribution in [1.29, 1.82) is 0 Å². The highest BCUT2D eigenvalue weighted by Crippen LogP contribution is 2.43. The minimum Gasteiger partial charge on any atom is -0.384 e. The molecule has 1 N–H and O–H groups in total. The first-order valence-electron chi connectivity index (χ1n) is 9.81. The number of nitrogens with one attached hydrogen (secondary N) is 1. The molecular weight excluding hydrogens is 318 g/mol. The maximum atomic E-state index is 6.34. The minimum atomic E-state index is 0.0648. The Balaban J connectivity index is 1.81. The molecule has 0 spiro atoms. The van der Waals surface area contributed by atoms with Crippen LogP contribution < -0.4 is 5.32 Å². The Morgan fingerprint density at radius 3 is 2.31 bits per heavy atom. The number of benzene rings is 2. The molecule has 0 aliphatic carbocycles. The molecule has 1 atom stereocenters. The number of hydrogen-bond acceptors (Lipinski definition) is 2. The molecule has 26 heavy (non-hydrogen) atoms. The Bertz CT molecular complexity index is 852. The zero-order chi connectivity index (χ0) is 18.7. The van der Waals surface area contributed by atoms with Crippen molar-refractivity contribution >= 4 is 5.69 Å². The molecule has 138 valence electrons. The topological polar surface area (TPSA) is 21.3 Å². The molecule has 2 aliphatic heterocycles.